The highest BCUT2D eigenvalue weighted by Crippen LogP contribution is 1.66. The summed E-state index contributed by atoms with van der Waals surface area (Å²) in [6.07, 6.45) is 1.09. The first-order chi connectivity index (χ1) is 5.41. The highest BCUT2D eigenvalue weighted by atomic mass is 14.8. The van der Waals surface area contributed by atoms with E-state index in [9.17, 15) is 0 Å². The van der Waals surface area contributed by atoms with E-state index in [1.54, 1.807) is 0 Å². The minimum atomic E-state index is 0.799. The normalized spacial score (nSPS) is 7.09. The third-order valence-electron chi connectivity index (χ3n) is 0.808. The zero-order chi connectivity index (χ0) is 9.54. The van der Waals surface area contributed by atoms with Gasteiger partial charge in [-0.25, -0.2) is 0 Å². The van der Waals surface area contributed by atoms with Crippen molar-refractivity contribution in [1.29, 1.82) is 0 Å². The van der Waals surface area contributed by atoms with Crippen molar-refractivity contribution in [2.24, 2.45) is 5.73 Å². The molecule has 0 saturated carbocycles. The van der Waals surface area contributed by atoms with Crippen molar-refractivity contribution in [3.8, 4) is 0 Å². The van der Waals surface area contributed by atoms with Crippen molar-refractivity contribution in [1.82, 2.24) is 5.32 Å². The van der Waals surface area contributed by atoms with Crippen LogP contribution >= 0.6 is 0 Å². The van der Waals surface area contributed by atoms with Crippen LogP contribution in [0.25, 0.3) is 0 Å². The minimum absolute atomic E-state index is 0.799. The SMILES string of the molecule is CC.CC.CCNCCCN. The second-order valence-electron chi connectivity index (χ2n) is 1.50. The van der Waals surface area contributed by atoms with Gasteiger partial charge in [-0.15, -0.1) is 0 Å². The Kier molecular flexibility index (Phi) is 50.8. The van der Waals surface area contributed by atoms with Crippen LogP contribution in [0.2, 0.25) is 0 Å². The van der Waals surface area contributed by atoms with E-state index in [4.69, 9.17) is 5.73 Å². The molecule has 0 heterocycles. The largest absolute Gasteiger partial charge is 0.330 e. The molecular formula is C9H26N2. The molecule has 3 N–H and O–H groups in total. The second-order valence-corrected chi connectivity index (χ2v) is 1.50. The van der Waals surface area contributed by atoms with E-state index in [1.165, 1.54) is 0 Å². The zero-order valence-corrected chi connectivity index (χ0v) is 8.91. The number of hydrogen-bond acceptors (Lipinski definition) is 2. The maximum Gasteiger partial charge on any atom is -0.00370 e. The molecule has 2 heteroatoms. The first-order valence-electron chi connectivity index (χ1n) is 4.82. The van der Waals surface area contributed by atoms with Gasteiger partial charge in [0.25, 0.3) is 0 Å². The molecule has 0 saturated heterocycles. The summed E-state index contributed by atoms with van der Waals surface area (Å²) in [5.41, 5.74) is 5.23. The number of hydrogen-bond donors (Lipinski definition) is 2. The van der Waals surface area contributed by atoms with Gasteiger partial charge in [-0.05, 0) is 26.1 Å². The first kappa shape index (κ1) is 17.1. The predicted octanol–water partition coefficient (Wildman–Crippen LogP) is 2.00. The molecule has 0 aliphatic carbocycles. The lowest BCUT2D eigenvalue weighted by molar-refractivity contribution is 0.679. The summed E-state index contributed by atoms with van der Waals surface area (Å²) in [7, 11) is 0. The van der Waals surface area contributed by atoms with Crippen LogP contribution in [0.3, 0.4) is 0 Å². The Bertz CT molecular complexity index is 26.7. The monoisotopic (exact) mass is 162 g/mol. The summed E-state index contributed by atoms with van der Waals surface area (Å²) < 4.78 is 0. The third-order valence-corrected chi connectivity index (χ3v) is 0.808. The van der Waals surface area contributed by atoms with E-state index >= 15 is 0 Å². The molecular weight excluding hydrogens is 136 g/mol. The van der Waals surface area contributed by atoms with Gasteiger partial charge >= 0.3 is 0 Å². The van der Waals surface area contributed by atoms with Crippen LogP contribution < -0.4 is 11.1 Å². The molecule has 0 atom stereocenters. The Morgan fingerprint density at radius 1 is 1.09 bits per heavy atom. The fourth-order valence-corrected chi connectivity index (χ4v) is 0.404. The van der Waals surface area contributed by atoms with Crippen LogP contribution in [0, 0.1) is 0 Å². The summed E-state index contributed by atoms with van der Waals surface area (Å²) in [6.45, 7) is 13.0. The molecule has 0 unspecified atom stereocenters. The highest BCUT2D eigenvalue weighted by Gasteiger charge is 1.77. The lowest BCUT2D eigenvalue weighted by atomic mass is 10.4. The van der Waals surface area contributed by atoms with Crippen LogP contribution in [-0.2, 0) is 0 Å². The smallest absolute Gasteiger partial charge is 0.00370 e. The van der Waals surface area contributed by atoms with Crippen LogP contribution in [0.5, 0.6) is 0 Å². The van der Waals surface area contributed by atoms with Crippen molar-refractivity contribution in [2.45, 2.75) is 41.0 Å². The second kappa shape index (κ2) is 32.6. The highest BCUT2D eigenvalue weighted by molar-refractivity contribution is 4.42. The van der Waals surface area contributed by atoms with Crippen molar-refractivity contribution < 1.29 is 0 Å². The van der Waals surface area contributed by atoms with Gasteiger partial charge < -0.3 is 11.1 Å². The van der Waals surface area contributed by atoms with Gasteiger partial charge in [-0.2, -0.15) is 0 Å². The molecule has 0 bridgehead atoms. The molecule has 72 valence electrons. The zero-order valence-electron chi connectivity index (χ0n) is 8.91. The predicted molar refractivity (Wildman–Crippen MR) is 54.9 cm³/mol. The van der Waals surface area contributed by atoms with Gasteiger partial charge in [-0.1, -0.05) is 34.6 Å². The van der Waals surface area contributed by atoms with Crippen molar-refractivity contribution in [2.75, 3.05) is 19.6 Å². The summed E-state index contributed by atoms with van der Waals surface area (Å²) in [4.78, 5) is 0. The summed E-state index contributed by atoms with van der Waals surface area (Å²) in [5.74, 6) is 0. The summed E-state index contributed by atoms with van der Waals surface area (Å²) >= 11 is 0. The maximum atomic E-state index is 5.23. The molecule has 0 aromatic heterocycles. The average Bonchev–Trinajstić information content (AvgIpc) is 2.13. The molecule has 0 aliphatic rings. The molecule has 11 heavy (non-hydrogen) atoms. The van der Waals surface area contributed by atoms with E-state index in [0.717, 1.165) is 26.1 Å². The number of nitrogens with one attached hydrogen (secondary N) is 1. The van der Waals surface area contributed by atoms with Crippen LogP contribution in [-0.4, -0.2) is 19.6 Å². The average molecular weight is 162 g/mol. The third kappa shape index (κ3) is 40.5. The van der Waals surface area contributed by atoms with E-state index < -0.39 is 0 Å². The van der Waals surface area contributed by atoms with E-state index in [2.05, 4.69) is 12.2 Å². The Balaban J connectivity index is -0.000000138. The lowest BCUT2D eigenvalue weighted by Gasteiger charge is -1.95. The van der Waals surface area contributed by atoms with Crippen molar-refractivity contribution in [3.05, 3.63) is 0 Å². The van der Waals surface area contributed by atoms with Gasteiger partial charge in [0.05, 0.1) is 0 Å². The quantitative estimate of drug-likeness (QED) is 0.620. The van der Waals surface area contributed by atoms with Gasteiger partial charge in [0.15, 0.2) is 0 Å². The van der Waals surface area contributed by atoms with Crippen LogP contribution in [0.4, 0.5) is 0 Å². The van der Waals surface area contributed by atoms with Crippen LogP contribution in [0.1, 0.15) is 41.0 Å². The maximum absolute atomic E-state index is 5.23. The molecule has 0 aromatic rings. The Labute approximate surface area is 72.6 Å². The van der Waals surface area contributed by atoms with E-state index in [-0.39, 0.29) is 0 Å². The van der Waals surface area contributed by atoms with Gasteiger partial charge in [0, 0.05) is 0 Å². The molecule has 0 rings (SSSR count). The molecule has 0 aromatic carbocycles. The topological polar surface area (TPSA) is 38.0 Å². The van der Waals surface area contributed by atoms with Gasteiger partial charge in [0.1, 0.15) is 0 Å². The summed E-state index contributed by atoms with van der Waals surface area (Å²) in [5, 5.41) is 3.17. The van der Waals surface area contributed by atoms with Gasteiger partial charge in [0.2, 0.25) is 0 Å². The Hall–Kier alpha value is -0.0800. The molecule has 0 radical (unpaired) electrons. The first-order valence-corrected chi connectivity index (χ1v) is 4.82. The van der Waals surface area contributed by atoms with Crippen molar-refractivity contribution in [3.63, 3.8) is 0 Å². The van der Waals surface area contributed by atoms with Crippen molar-refractivity contribution >= 4 is 0 Å². The van der Waals surface area contributed by atoms with Gasteiger partial charge in [-0.3, -0.25) is 0 Å². The molecule has 2 nitrogen and oxygen atoms in total. The summed E-state index contributed by atoms with van der Waals surface area (Å²) in [6, 6.07) is 0. The molecule has 0 aliphatic heterocycles. The lowest BCUT2D eigenvalue weighted by Crippen LogP contribution is -2.17. The van der Waals surface area contributed by atoms with E-state index in [0.29, 0.717) is 0 Å². The Morgan fingerprint density at radius 3 is 1.82 bits per heavy atom. The van der Waals surface area contributed by atoms with Crippen LogP contribution in [0.15, 0.2) is 0 Å². The standard InChI is InChI=1S/C5H14N2.2C2H6/c1-2-7-5-3-4-6;2*1-2/h7H,2-6H2,1H3;2*1-2H3. The van der Waals surface area contributed by atoms with E-state index in [1.807, 2.05) is 27.7 Å². The number of nitrogens with two attached hydrogens (primary N) is 1. The fraction of sp³-hybridized carbons (Fsp3) is 1.00. The molecule has 0 amide bonds. The number of rotatable bonds is 4. The molecule has 0 fully saturated rings. The Morgan fingerprint density at radius 2 is 1.55 bits per heavy atom. The fourth-order valence-electron chi connectivity index (χ4n) is 0.404. The molecule has 0 spiro atoms. The minimum Gasteiger partial charge on any atom is -0.330 e.